The van der Waals surface area contributed by atoms with Crippen LogP contribution in [0.15, 0.2) is 18.2 Å². The molecule has 112 valence electrons. The third-order valence-electron chi connectivity index (χ3n) is 3.20. The van der Waals surface area contributed by atoms with Gasteiger partial charge in [-0.1, -0.05) is 13.0 Å². The molecule has 0 aliphatic rings. The Morgan fingerprint density at radius 2 is 1.95 bits per heavy atom. The van der Waals surface area contributed by atoms with Crippen molar-refractivity contribution in [3.8, 4) is 11.5 Å². The number of ether oxygens (including phenoxy) is 2. The molecule has 1 aromatic carbocycles. The van der Waals surface area contributed by atoms with Crippen LogP contribution >= 0.6 is 11.3 Å². The van der Waals surface area contributed by atoms with Crippen molar-refractivity contribution in [3.05, 3.63) is 39.3 Å². The van der Waals surface area contributed by atoms with E-state index >= 15 is 0 Å². The molecule has 0 aliphatic carbocycles. The minimum Gasteiger partial charge on any atom is -0.493 e. The number of nitrogens with zero attached hydrogens (tertiary/aromatic N) is 1. The Morgan fingerprint density at radius 3 is 2.48 bits per heavy atom. The van der Waals surface area contributed by atoms with Gasteiger partial charge in [0, 0.05) is 13.3 Å². The molecule has 4 nitrogen and oxygen atoms in total. The zero-order valence-corrected chi connectivity index (χ0v) is 13.5. The van der Waals surface area contributed by atoms with Crippen LogP contribution in [-0.2, 0) is 12.8 Å². The lowest BCUT2D eigenvalue weighted by atomic mass is 10.1. The van der Waals surface area contributed by atoms with Crippen LogP contribution in [0, 0.1) is 0 Å². The number of thiazole rings is 1. The highest BCUT2D eigenvalue weighted by Crippen LogP contribution is 2.29. The second-order valence-electron chi connectivity index (χ2n) is 4.66. The zero-order valence-electron chi connectivity index (χ0n) is 12.7. The number of carbonyl (C=O) groups is 1. The summed E-state index contributed by atoms with van der Waals surface area (Å²) < 4.78 is 10.5. The Balaban J connectivity index is 2.28. The van der Waals surface area contributed by atoms with Crippen LogP contribution in [0.1, 0.15) is 39.8 Å². The van der Waals surface area contributed by atoms with Crippen molar-refractivity contribution in [2.45, 2.75) is 26.7 Å². The van der Waals surface area contributed by atoms with Crippen LogP contribution in [0.4, 0.5) is 0 Å². The maximum atomic E-state index is 11.6. The molecule has 2 aromatic rings. The van der Waals surface area contributed by atoms with E-state index < -0.39 is 0 Å². The van der Waals surface area contributed by atoms with Gasteiger partial charge in [0.15, 0.2) is 17.3 Å². The largest absolute Gasteiger partial charge is 0.493 e. The lowest BCUT2D eigenvalue weighted by Gasteiger charge is -2.08. The van der Waals surface area contributed by atoms with Gasteiger partial charge < -0.3 is 9.47 Å². The van der Waals surface area contributed by atoms with E-state index in [1.807, 2.05) is 25.1 Å². The van der Waals surface area contributed by atoms with Gasteiger partial charge in [-0.2, -0.15) is 0 Å². The van der Waals surface area contributed by atoms with Crippen LogP contribution in [-0.4, -0.2) is 25.0 Å². The number of rotatable bonds is 6. The number of hydrogen-bond acceptors (Lipinski definition) is 5. The van der Waals surface area contributed by atoms with Crippen LogP contribution in [0.2, 0.25) is 0 Å². The van der Waals surface area contributed by atoms with Gasteiger partial charge in [0.1, 0.15) is 0 Å². The maximum Gasteiger partial charge on any atom is 0.171 e. The fourth-order valence-corrected chi connectivity index (χ4v) is 3.24. The molecule has 0 spiro atoms. The van der Waals surface area contributed by atoms with E-state index in [1.165, 1.54) is 11.3 Å². The highest BCUT2D eigenvalue weighted by Gasteiger charge is 2.14. The Hall–Kier alpha value is -1.88. The summed E-state index contributed by atoms with van der Waals surface area (Å²) in [5.74, 6) is 1.50. The summed E-state index contributed by atoms with van der Waals surface area (Å²) >= 11 is 1.48. The van der Waals surface area contributed by atoms with Gasteiger partial charge in [-0.05, 0) is 24.1 Å². The van der Waals surface area contributed by atoms with E-state index in [4.69, 9.17) is 9.47 Å². The Kier molecular flexibility index (Phi) is 4.96. The standard InChI is InChI=1S/C16H19NO3S/c1-5-12-16(10(2)18)21-15(17-12)9-11-6-7-13(19-3)14(8-11)20-4/h6-8H,5,9H2,1-4H3. The molecule has 0 radical (unpaired) electrons. The summed E-state index contributed by atoms with van der Waals surface area (Å²) in [6.45, 7) is 3.61. The molecule has 0 fully saturated rings. The monoisotopic (exact) mass is 305 g/mol. The number of benzene rings is 1. The van der Waals surface area contributed by atoms with E-state index in [0.29, 0.717) is 17.9 Å². The number of aryl methyl sites for hydroxylation is 1. The molecule has 0 N–H and O–H groups in total. The number of methoxy groups -OCH3 is 2. The first-order valence-electron chi connectivity index (χ1n) is 6.79. The summed E-state index contributed by atoms with van der Waals surface area (Å²) in [6.07, 6.45) is 1.46. The molecular formula is C16H19NO3S. The Morgan fingerprint density at radius 1 is 1.24 bits per heavy atom. The van der Waals surface area contributed by atoms with Gasteiger partial charge >= 0.3 is 0 Å². The molecule has 1 heterocycles. The van der Waals surface area contributed by atoms with Crippen molar-refractivity contribution in [1.29, 1.82) is 0 Å². The fourth-order valence-electron chi connectivity index (χ4n) is 2.16. The highest BCUT2D eigenvalue weighted by molar-refractivity contribution is 7.13. The van der Waals surface area contributed by atoms with E-state index in [0.717, 1.165) is 27.6 Å². The molecule has 0 unspecified atom stereocenters. The third-order valence-corrected chi connectivity index (χ3v) is 4.40. The Labute approximate surface area is 128 Å². The van der Waals surface area contributed by atoms with Crippen molar-refractivity contribution in [1.82, 2.24) is 4.98 Å². The van der Waals surface area contributed by atoms with Crippen molar-refractivity contribution >= 4 is 17.1 Å². The number of carbonyl (C=O) groups excluding carboxylic acids is 1. The smallest absolute Gasteiger partial charge is 0.171 e. The molecule has 2 rings (SSSR count). The molecule has 0 saturated heterocycles. The zero-order chi connectivity index (χ0) is 15.4. The van der Waals surface area contributed by atoms with Crippen molar-refractivity contribution in [2.75, 3.05) is 14.2 Å². The first-order chi connectivity index (χ1) is 10.1. The normalized spacial score (nSPS) is 10.5. The van der Waals surface area contributed by atoms with Gasteiger partial charge in [-0.25, -0.2) is 4.98 Å². The van der Waals surface area contributed by atoms with Crippen LogP contribution in [0.5, 0.6) is 11.5 Å². The van der Waals surface area contributed by atoms with Gasteiger partial charge in [-0.3, -0.25) is 4.79 Å². The summed E-state index contributed by atoms with van der Waals surface area (Å²) in [5, 5.41) is 0.948. The molecule has 0 amide bonds. The predicted molar refractivity (Wildman–Crippen MR) is 83.8 cm³/mol. The summed E-state index contributed by atoms with van der Waals surface area (Å²) in [6, 6.07) is 5.81. The molecule has 0 bridgehead atoms. The number of aromatic nitrogens is 1. The lowest BCUT2D eigenvalue weighted by molar-refractivity contribution is 0.102. The second-order valence-corrected chi connectivity index (χ2v) is 5.74. The first-order valence-corrected chi connectivity index (χ1v) is 7.61. The number of hydrogen-bond donors (Lipinski definition) is 0. The first kappa shape index (κ1) is 15.5. The molecule has 0 atom stereocenters. The van der Waals surface area contributed by atoms with Crippen LogP contribution in [0.3, 0.4) is 0 Å². The van der Waals surface area contributed by atoms with Crippen molar-refractivity contribution < 1.29 is 14.3 Å². The second kappa shape index (κ2) is 6.72. The number of ketones is 1. The average Bonchev–Trinajstić information content (AvgIpc) is 2.90. The van der Waals surface area contributed by atoms with E-state index in [2.05, 4.69) is 4.98 Å². The summed E-state index contributed by atoms with van der Waals surface area (Å²) in [7, 11) is 3.24. The van der Waals surface area contributed by atoms with Gasteiger partial charge in [0.25, 0.3) is 0 Å². The van der Waals surface area contributed by atoms with Crippen molar-refractivity contribution in [3.63, 3.8) is 0 Å². The van der Waals surface area contributed by atoms with Gasteiger partial charge in [-0.15, -0.1) is 11.3 Å². The van der Waals surface area contributed by atoms with Crippen molar-refractivity contribution in [2.24, 2.45) is 0 Å². The average molecular weight is 305 g/mol. The molecule has 5 heteroatoms. The minimum atomic E-state index is 0.0860. The molecular weight excluding hydrogens is 286 g/mol. The quantitative estimate of drug-likeness (QED) is 0.766. The molecule has 1 aromatic heterocycles. The predicted octanol–water partition coefficient (Wildman–Crippen LogP) is 3.52. The Bertz CT molecular complexity index is 649. The minimum absolute atomic E-state index is 0.0860. The summed E-state index contributed by atoms with van der Waals surface area (Å²) in [4.78, 5) is 16.9. The van der Waals surface area contributed by atoms with E-state index in [-0.39, 0.29) is 5.78 Å². The van der Waals surface area contributed by atoms with E-state index in [1.54, 1.807) is 21.1 Å². The SMILES string of the molecule is CCc1nc(Cc2ccc(OC)c(OC)c2)sc1C(C)=O. The molecule has 0 saturated carbocycles. The topological polar surface area (TPSA) is 48.4 Å². The fraction of sp³-hybridized carbons (Fsp3) is 0.375. The van der Waals surface area contributed by atoms with Gasteiger partial charge in [0.05, 0.1) is 29.8 Å². The summed E-state index contributed by atoms with van der Waals surface area (Å²) in [5.41, 5.74) is 1.97. The highest BCUT2D eigenvalue weighted by atomic mass is 32.1. The molecule has 0 aliphatic heterocycles. The lowest BCUT2D eigenvalue weighted by Crippen LogP contribution is -1.94. The van der Waals surface area contributed by atoms with Crippen LogP contribution in [0.25, 0.3) is 0 Å². The molecule has 21 heavy (non-hydrogen) atoms. The van der Waals surface area contributed by atoms with E-state index in [9.17, 15) is 4.79 Å². The van der Waals surface area contributed by atoms with Crippen LogP contribution < -0.4 is 9.47 Å². The third kappa shape index (κ3) is 3.42. The number of Topliss-reactive ketones (excluding diaryl/α,β-unsaturated/α-hetero) is 1. The maximum absolute atomic E-state index is 11.6. The van der Waals surface area contributed by atoms with Gasteiger partial charge in [0.2, 0.25) is 0 Å².